The molecule has 0 atom stereocenters. The Hall–Kier alpha value is -3.21. The van der Waals surface area contributed by atoms with E-state index in [-0.39, 0.29) is 0 Å². The number of hydrogen-bond donors (Lipinski definition) is 2. The Bertz CT molecular complexity index is 844. The summed E-state index contributed by atoms with van der Waals surface area (Å²) in [6, 6.07) is 15.5. The number of carbonyl (C=O) groups excluding carboxylic acids is 1. The summed E-state index contributed by atoms with van der Waals surface area (Å²) in [6.07, 6.45) is 4.52. The smallest absolute Gasteiger partial charge is 0.241 e. The zero-order valence-corrected chi connectivity index (χ0v) is 11.7. The summed E-state index contributed by atoms with van der Waals surface area (Å²) in [5, 5.41) is 4.15. The van der Waals surface area contributed by atoms with E-state index in [0.717, 1.165) is 22.2 Å². The summed E-state index contributed by atoms with van der Waals surface area (Å²) in [4.78, 5) is 19.4. The van der Waals surface area contributed by atoms with Gasteiger partial charge in [0.05, 0.1) is 5.52 Å². The molecule has 1 heterocycles. The van der Waals surface area contributed by atoms with Crippen LogP contribution in [0.2, 0.25) is 0 Å². The lowest BCUT2D eigenvalue weighted by Gasteiger charge is -2.08. The van der Waals surface area contributed by atoms with Gasteiger partial charge in [0.1, 0.15) is 12.1 Å². The molecule has 0 unspecified atom stereocenters. The molecule has 0 radical (unpaired) electrons. The molecule has 3 N–H and O–H groups in total. The van der Waals surface area contributed by atoms with Crippen molar-refractivity contribution in [3.8, 4) is 0 Å². The number of anilines is 2. The fourth-order valence-electron chi connectivity index (χ4n) is 2.11. The van der Waals surface area contributed by atoms with E-state index in [1.165, 1.54) is 12.4 Å². The molecular formula is C17H14N4O. The molecule has 0 saturated heterocycles. The highest BCUT2D eigenvalue weighted by atomic mass is 16.1. The predicted molar refractivity (Wildman–Crippen MR) is 87.5 cm³/mol. The number of primary amides is 1. The van der Waals surface area contributed by atoms with E-state index in [9.17, 15) is 4.79 Å². The summed E-state index contributed by atoms with van der Waals surface area (Å²) in [6.45, 7) is 0. The summed E-state index contributed by atoms with van der Waals surface area (Å²) < 4.78 is 0. The maximum absolute atomic E-state index is 10.8. The first-order chi connectivity index (χ1) is 10.7. The number of fused-ring (bicyclic) bond motifs is 1. The van der Waals surface area contributed by atoms with E-state index >= 15 is 0 Å². The third kappa shape index (κ3) is 3.09. The lowest BCUT2D eigenvalue weighted by atomic mass is 10.1. The maximum atomic E-state index is 10.8. The van der Waals surface area contributed by atoms with Crippen LogP contribution in [-0.4, -0.2) is 15.9 Å². The van der Waals surface area contributed by atoms with Crippen LogP contribution in [-0.2, 0) is 4.79 Å². The highest BCUT2D eigenvalue weighted by molar-refractivity contribution is 5.94. The molecule has 0 fully saturated rings. The summed E-state index contributed by atoms with van der Waals surface area (Å²) in [7, 11) is 0. The first-order valence-electron chi connectivity index (χ1n) is 6.77. The number of nitrogens with zero attached hydrogens (tertiary/aromatic N) is 2. The number of hydrogen-bond acceptors (Lipinski definition) is 4. The van der Waals surface area contributed by atoms with E-state index in [2.05, 4.69) is 15.3 Å². The average molecular weight is 290 g/mol. The molecule has 0 saturated carbocycles. The summed E-state index contributed by atoms with van der Waals surface area (Å²) in [5.74, 6) is 0.234. The summed E-state index contributed by atoms with van der Waals surface area (Å²) >= 11 is 0. The fourth-order valence-corrected chi connectivity index (χ4v) is 2.11. The van der Waals surface area contributed by atoms with Gasteiger partial charge in [-0.15, -0.1) is 0 Å². The normalized spacial score (nSPS) is 10.9. The monoisotopic (exact) mass is 290 g/mol. The zero-order valence-electron chi connectivity index (χ0n) is 11.7. The highest BCUT2D eigenvalue weighted by Gasteiger charge is 2.04. The second-order valence-corrected chi connectivity index (χ2v) is 4.73. The molecule has 2 aromatic carbocycles. The number of para-hydroxylation sites is 1. The minimum Gasteiger partial charge on any atom is -0.366 e. The number of nitrogens with two attached hydrogens (primary N) is 1. The van der Waals surface area contributed by atoms with Crippen LogP contribution in [0.4, 0.5) is 11.5 Å². The molecule has 5 nitrogen and oxygen atoms in total. The van der Waals surface area contributed by atoms with Crippen molar-refractivity contribution in [1.82, 2.24) is 9.97 Å². The van der Waals surface area contributed by atoms with E-state index in [0.29, 0.717) is 5.82 Å². The molecule has 22 heavy (non-hydrogen) atoms. The Morgan fingerprint density at radius 3 is 2.68 bits per heavy atom. The predicted octanol–water partition coefficient (Wildman–Crippen LogP) is 2.87. The van der Waals surface area contributed by atoms with Gasteiger partial charge in [-0.05, 0) is 35.9 Å². The SMILES string of the molecule is NC(=O)C=Cc1ccc2ncnc(Nc3ccccc3)c2c1. The number of rotatable bonds is 4. The third-order valence-corrected chi connectivity index (χ3v) is 3.14. The zero-order chi connectivity index (χ0) is 15.4. The molecule has 0 aliphatic carbocycles. The van der Waals surface area contributed by atoms with Crippen molar-refractivity contribution in [1.29, 1.82) is 0 Å². The van der Waals surface area contributed by atoms with Gasteiger partial charge >= 0.3 is 0 Å². The van der Waals surface area contributed by atoms with Gasteiger partial charge < -0.3 is 11.1 Å². The van der Waals surface area contributed by atoms with Gasteiger partial charge in [0.25, 0.3) is 0 Å². The Morgan fingerprint density at radius 2 is 1.91 bits per heavy atom. The van der Waals surface area contributed by atoms with Crippen LogP contribution < -0.4 is 11.1 Å². The van der Waals surface area contributed by atoms with Crippen LogP contribution in [0.1, 0.15) is 5.56 Å². The van der Waals surface area contributed by atoms with Gasteiger partial charge in [-0.25, -0.2) is 9.97 Å². The molecular weight excluding hydrogens is 276 g/mol. The molecule has 1 aromatic heterocycles. The van der Waals surface area contributed by atoms with E-state index in [1.54, 1.807) is 6.08 Å². The van der Waals surface area contributed by atoms with Gasteiger partial charge in [-0.2, -0.15) is 0 Å². The van der Waals surface area contributed by atoms with Gasteiger partial charge in [0.2, 0.25) is 5.91 Å². The van der Waals surface area contributed by atoms with Crippen molar-refractivity contribution in [2.24, 2.45) is 5.73 Å². The van der Waals surface area contributed by atoms with Gasteiger partial charge in [-0.3, -0.25) is 4.79 Å². The quantitative estimate of drug-likeness (QED) is 0.724. The Kier molecular flexibility index (Phi) is 3.78. The molecule has 108 valence electrons. The molecule has 3 aromatic rings. The Morgan fingerprint density at radius 1 is 1.09 bits per heavy atom. The molecule has 5 heteroatoms. The van der Waals surface area contributed by atoms with Crippen LogP contribution >= 0.6 is 0 Å². The number of nitrogens with one attached hydrogen (secondary N) is 1. The third-order valence-electron chi connectivity index (χ3n) is 3.14. The number of benzene rings is 2. The Balaban J connectivity index is 2.02. The van der Waals surface area contributed by atoms with Crippen LogP contribution in [0.3, 0.4) is 0 Å². The van der Waals surface area contributed by atoms with Crippen molar-refractivity contribution >= 4 is 34.4 Å². The largest absolute Gasteiger partial charge is 0.366 e. The van der Waals surface area contributed by atoms with Gasteiger partial charge in [0.15, 0.2) is 0 Å². The second-order valence-electron chi connectivity index (χ2n) is 4.73. The topological polar surface area (TPSA) is 80.9 Å². The van der Waals surface area contributed by atoms with Gasteiger partial charge in [0, 0.05) is 17.1 Å². The molecule has 0 aliphatic rings. The maximum Gasteiger partial charge on any atom is 0.241 e. The minimum atomic E-state index is -0.480. The fraction of sp³-hybridized carbons (Fsp3) is 0. The van der Waals surface area contributed by atoms with Crippen LogP contribution in [0.15, 0.2) is 60.9 Å². The highest BCUT2D eigenvalue weighted by Crippen LogP contribution is 2.24. The van der Waals surface area contributed by atoms with Crippen molar-refractivity contribution in [2.75, 3.05) is 5.32 Å². The molecule has 3 rings (SSSR count). The second kappa shape index (κ2) is 6.05. The lowest BCUT2D eigenvalue weighted by Crippen LogP contribution is -2.05. The standard InChI is InChI=1S/C17H14N4O/c18-16(22)9-7-12-6-8-15-14(10-12)17(20-11-19-15)21-13-4-2-1-3-5-13/h1-11H,(H2,18,22)(H,19,20,21). The van der Waals surface area contributed by atoms with E-state index < -0.39 is 5.91 Å². The van der Waals surface area contributed by atoms with Crippen molar-refractivity contribution < 1.29 is 4.79 Å². The number of aromatic nitrogens is 2. The average Bonchev–Trinajstić information content (AvgIpc) is 2.54. The van der Waals surface area contributed by atoms with Crippen LogP contribution in [0, 0.1) is 0 Å². The van der Waals surface area contributed by atoms with E-state index in [1.807, 2.05) is 48.5 Å². The van der Waals surface area contributed by atoms with Crippen LogP contribution in [0.25, 0.3) is 17.0 Å². The molecule has 0 aliphatic heterocycles. The lowest BCUT2D eigenvalue weighted by molar-refractivity contribution is -0.113. The minimum absolute atomic E-state index is 0.480. The first-order valence-corrected chi connectivity index (χ1v) is 6.77. The van der Waals surface area contributed by atoms with Crippen molar-refractivity contribution in [3.63, 3.8) is 0 Å². The van der Waals surface area contributed by atoms with Crippen LogP contribution in [0.5, 0.6) is 0 Å². The van der Waals surface area contributed by atoms with Gasteiger partial charge in [-0.1, -0.05) is 24.3 Å². The van der Waals surface area contributed by atoms with Crippen molar-refractivity contribution in [2.45, 2.75) is 0 Å². The molecule has 0 bridgehead atoms. The Labute approximate surface area is 127 Å². The summed E-state index contributed by atoms with van der Waals surface area (Å²) in [5.41, 5.74) is 7.75. The first kappa shape index (κ1) is 13.8. The number of carbonyl (C=O) groups is 1. The molecule has 0 spiro atoms. The van der Waals surface area contributed by atoms with Crippen molar-refractivity contribution in [3.05, 3.63) is 66.5 Å². The molecule has 1 amide bonds. The number of amides is 1. The van der Waals surface area contributed by atoms with E-state index in [4.69, 9.17) is 5.73 Å².